The van der Waals surface area contributed by atoms with Gasteiger partial charge in [-0.15, -0.1) is 11.8 Å². The molecule has 0 aliphatic heterocycles. The van der Waals surface area contributed by atoms with Crippen LogP contribution in [0.3, 0.4) is 0 Å². The monoisotopic (exact) mass is 655 g/mol. The van der Waals surface area contributed by atoms with Crippen molar-refractivity contribution in [3.8, 4) is 17.2 Å². The molecule has 0 saturated heterocycles. The highest BCUT2D eigenvalue weighted by Crippen LogP contribution is 2.30. The second kappa shape index (κ2) is 16.0. The molecule has 3 amide bonds. The minimum Gasteiger partial charge on any atom is -0.507 e. The lowest BCUT2D eigenvalue weighted by Gasteiger charge is -2.16. The zero-order valence-electron chi connectivity index (χ0n) is 25.8. The maximum Gasteiger partial charge on any atom is 0.339 e. The van der Waals surface area contributed by atoms with Crippen LogP contribution in [0, 0.1) is 0 Å². The van der Waals surface area contributed by atoms with Gasteiger partial charge in [-0.3, -0.25) is 14.4 Å². The number of anilines is 2. The fourth-order valence-corrected chi connectivity index (χ4v) is 5.39. The molecule has 1 unspecified atom stereocenters. The zero-order valence-corrected chi connectivity index (χ0v) is 26.6. The summed E-state index contributed by atoms with van der Waals surface area (Å²) in [5.74, 6) is -2.19. The van der Waals surface area contributed by atoms with Gasteiger partial charge in [0.1, 0.15) is 28.5 Å². The number of phenols is 1. The Kier molecular flexibility index (Phi) is 11.6. The number of thioether (sulfide) groups is 1. The summed E-state index contributed by atoms with van der Waals surface area (Å²) < 4.78 is 10.7. The molecule has 11 nitrogen and oxygen atoms in total. The van der Waals surface area contributed by atoms with Crippen molar-refractivity contribution >= 4 is 52.9 Å². The van der Waals surface area contributed by atoms with Gasteiger partial charge < -0.3 is 35.6 Å². The molecule has 4 rings (SSSR count). The number of amides is 3. The number of methoxy groups -OCH3 is 2. The van der Waals surface area contributed by atoms with Gasteiger partial charge in [-0.05, 0) is 73.2 Å². The maximum atomic E-state index is 13.6. The van der Waals surface area contributed by atoms with Crippen molar-refractivity contribution in [3.05, 3.63) is 113 Å². The lowest BCUT2D eigenvalue weighted by atomic mass is 10.1. The number of nitrogens with one attached hydrogen (secondary N) is 3. The number of hydrogen-bond acceptors (Lipinski definition) is 8. The minimum atomic E-state index is -1.32. The van der Waals surface area contributed by atoms with Crippen LogP contribution < -0.4 is 25.4 Å². The Labute approximate surface area is 275 Å². The molecule has 0 heterocycles. The molecule has 47 heavy (non-hydrogen) atoms. The zero-order chi connectivity index (χ0) is 33.9. The molecule has 1 atom stereocenters. The van der Waals surface area contributed by atoms with Gasteiger partial charge in [0, 0.05) is 33.5 Å². The van der Waals surface area contributed by atoms with Gasteiger partial charge in [0.25, 0.3) is 11.8 Å². The number of carbonyl (C=O) groups is 4. The summed E-state index contributed by atoms with van der Waals surface area (Å²) in [6.07, 6.45) is 1.95. The van der Waals surface area contributed by atoms with Crippen LogP contribution in [0.25, 0.3) is 6.08 Å². The number of aromatic hydroxyl groups is 1. The molecule has 4 aromatic rings. The predicted molar refractivity (Wildman–Crippen MR) is 180 cm³/mol. The normalized spacial score (nSPS) is 11.6. The number of rotatable bonds is 13. The van der Waals surface area contributed by atoms with Crippen LogP contribution in [0.15, 0.2) is 102 Å². The molecule has 5 N–H and O–H groups in total. The number of ether oxygens (including phenoxy) is 2. The van der Waals surface area contributed by atoms with Gasteiger partial charge in [0.05, 0.1) is 19.5 Å². The van der Waals surface area contributed by atoms with E-state index in [1.807, 2.05) is 6.92 Å². The SMILES string of the molecule is CCC(Sc1cccc(NC(=O)/C(=C\c2ccc(OC)cc2OC)NC(=O)c2ccccc2)c1)C(=O)Nc1ccc(O)c(C(=O)O)c1. The molecule has 242 valence electrons. The van der Waals surface area contributed by atoms with E-state index in [1.165, 1.54) is 50.3 Å². The van der Waals surface area contributed by atoms with E-state index in [4.69, 9.17) is 9.47 Å². The van der Waals surface area contributed by atoms with Crippen LogP contribution in [-0.4, -0.2) is 53.4 Å². The van der Waals surface area contributed by atoms with Gasteiger partial charge in [0.15, 0.2) is 0 Å². The first-order valence-electron chi connectivity index (χ1n) is 14.4. The summed E-state index contributed by atoms with van der Waals surface area (Å²) >= 11 is 1.26. The third-order valence-corrected chi connectivity index (χ3v) is 8.16. The fraction of sp³-hybridized carbons (Fsp3) is 0.143. The van der Waals surface area contributed by atoms with Gasteiger partial charge >= 0.3 is 5.97 Å². The quantitative estimate of drug-likeness (QED) is 0.0658. The lowest BCUT2D eigenvalue weighted by molar-refractivity contribution is -0.116. The molecule has 0 fully saturated rings. The van der Waals surface area contributed by atoms with Crippen molar-refractivity contribution in [1.29, 1.82) is 0 Å². The van der Waals surface area contributed by atoms with Gasteiger partial charge in [0.2, 0.25) is 5.91 Å². The van der Waals surface area contributed by atoms with Crippen LogP contribution in [-0.2, 0) is 9.59 Å². The van der Waals surface area contributed by atoms with E-state index in [2.05, 4.69) is 16.0 Å². The van der Waals surface area contributed by atoms with E-state index in [-0.39, 0.29) is 22.9 Å². The smallest absolute Gasteiger partial charge is 0.339 e. The van der Waals surface area contributed by atoms with Crippen LogP contribution >= 0.6 is 11.8 Å². The fourth-order valence-electron chi connectivity index (χ4n) is 4.38. The Bertz CT molecular complexity index is 1810. The van der Waals surface area contributed by atoms with E-state index in [9.17, 15) is 29.4 Å². The average molecular weight is 656 g/mol. The molecule has 12 heteroatoms. The molecule has 0 saturated carbocycles. The van der Waals surface area contributed by atoms with Crippen LogP contribution in [0.1, 0.15) is 39.6 Å². The molecule has 0 aromatic heterocycles. The Morgan fingerprint density at radius 1 is 0.851 bits per heavy atom. The summed E-state index contributed by atoms with van der Waals surface area (Å²) in [5, 5.41) is 26.7. The molecule has 0 aliphatic rings. The average Bonchev–Trinajstić information content (AvgIpc) is 3.08. The number of hydrogen-bond donors (Lipinski definition) is 5. The highest BCUT2D eigenvalue weighted by atomic mass is 32.2. The predicted octanol–water partition coefficient (Wildman–Crippen LogP) is 6.03. The van der Waals surface area contributed by atoms with E-state index in [1.54, 1.807) is 72.8 Å². The molecular formula is C35H33N3O8S. The third-order valence-electron chi connectivity index (χ3n) is 6.80. The van der Waals surface area contributed by atoms with Gasteiger partial charge in [-0.2, -0.15) is 0 Å². The topological polar surface area (TPSA) is 163 Å². The maximum absolute atomic E-state index is 13.6. The third kappa shape index (κ3) is 9.14. The van der Waals surface area contributed by atoms with E-state index in [0.29, 0.717) is 39.6 Å². The standard InChI is InChI=1S/C35H33N3O8S/c1-4-31(34(42)37-24-14-16-29(39)27(19-24)35(43)44)47-26-12-8-11-23(18-26)36-33(41)28(38-32(40)21-9-6-5-7-10-21)17-22-13-15-25(45-2)20-30(22)46-3/h5-20,31,39H,4H2,1-3H3,(H,36,41)(H,37,42)(H,38,40)(H,43,44)/b28-17+. The minimum absolute atomic E-state index is 0.0409. The van der Waals surface area contributed by atoms with Crippen molar-refractivity contribution in [2.75, 3.05) is 24.9 Å². The van der Waals surface area contributed by atoms with Crippen molar-refractivity contribution < 1.29 is 38.9 Å². The van der Waals surface area contributed by atoms with Crippen molar-refractivity contribution in [1.82, 2.24) is 5.32 Å². The van der Waals surface area contributed by atoms with Gasteiger partial charge in [-0.25, -0.2) is 4.79 Å². The van der Waals surface area contributed by atoms with E-state index >= 15 is 0 Å². The summed E-state index contributed by atoms with van der Waals surface area (Å²) in [5.41, 5.74) is 1.17. The first-order chi connectivity index (χ1) is 22.6. The van der Waals surface area contributed by atoms with Crippen molar-refractivity contribution in [3.63, 3.8) is 0 Å². The number of carboxylic acids is 1. The summed E-state index contributed by atoms with van der Waals surface area (Å²) in [4.78, 5) is 51.8. The number of aromatic carboxylic acids is 1. The van der Waals surface area contributed by atoms with Crippen LogP contribution in [0.2, 0.25) is 0 Å². The van der Waals surface area contributed by atoms with E-state index in [0.717, 1.165) is 0 Å². The summed E-state index contributed by atoms with van der Waals surface area (Å²) in [7, 11) is 3.01. The van der Waals surface area contributed by atoms with Gasteiger partial charge in [-0.1, -0.05) is 31.2 Å². The largest absolute Gasteiger partial charge is 0.507 e. The summed E-state index contributed by atoms with van der Waals surface area (Å²) in [6, 6.07) is 24.2. The van der Waals surface area contributed by atoms with E-state index < -0.39 is 28.8 Å². The Balaban J connectivity index is 1.54. The highest BCUT2D eigenvalue weighted by Gasteiger charge is 2.21. The molecular weight excluding hydrogens is 622 g/mol. The van der Waals surface area contributed by atoms with Crippen LogP contribution in [0.5, 0.6) is 17.2 Å². The molecule has 4 aromatic carbocycles. The summed E-state index contributed by atoms with van der Waals surface area (Å²) in [6.45, 7) is 1.84. The Hall–Kier alpha value is -5.75. The second-order valence-electron chi connectivity index (χ2n) is 10.0. The first kappa shape index (κ1) is 34.1. The number of benzene rings is 4. The lowest BCUT2D eigenvalue weighted by Crippen LogP contribution is -2.30. The molecule has 0 spiro atoms. The highest BCUT2D eigenvalue weighted by molar-refractivity contribution is 8.00. The Morgan fingerprint density at radius 3 is 2.28 bits per heavy atom. The molecule has 0 bridgehead atoms. The van der Waals surface area contributed by atoms with Crippen molar-refractivity contribution in [2.24, 2.45) is 0 Å². The molecule has 0 radical (unpaired) electrons. The van der Waals surface area contributed by atoms with Crippen molar-refractivity contribution in [2.45, 2.75) is 23.5 Å². The second-order valence-corrected chi connectivity index (χ2v) is 11.3. The molecule has 0 aliphatic carbocycles. The van der Waals surface area contributed by atoms with Crippen LogP contribution in [0.4, 0.5) is 11.4 Å². The number of carboxylic acid groups (broad SMARTS) is 1. The number of carbonyl (C=O) groups excluding carboxylic acids is 3. The first-order valence-corrected chi connectivity index (χ1v) is 15.2. The Morgan fingerprint density at radius 2 is 1.60 bits per heavy atom.